The molecule has 1 saturated heterocycles. The Labute approximate surface area is 149 Å². The predicted octanol–water partition coefficient (Wildman–Crippen LogP) is 1.52. The molecule has 2 aliphatic carbocycles. The Balaban J connectivity index is 1.39. The lowest BCUT2D eigenvalue weighted by Crippen LogP contribution is -2.51. The fourth-order valence-corrected chi connectivity index (χ4v) is 4.55. The molecule has 3 aliphatic rings. The number of carbonyl (C=O) groups excluding carboxylic acids is 1. The molecule has 3 atom stereocenters. The highest BCUT2D eigenvalue weighted by Crippen LogP contribution is 2.27. The van der Waals surface area contributed by atoms with Crippen LogP contribution in [0.4, 0.5) is 0 Å². The number of ether oxygens (including phenoxy) is 1. The second-order valence-corrected chi connectivity index (χ2v) is 7.55. The van der Waals surface area contributed by atoms with Crippen LogP contribution in [0, 0.1) is 0 Å². The molecule has 0 unspecified atom stereocenters. The fourth-order valence-electron chi connectivity index (χ4n) is 4.55. The highest BCUT2D eigenvalue weighted by atomic mass is 16.5. The van der Waals surface area contributed by atoms with Gasteiger partial charge < -0.3 is 15.2 Å². The van der Waals surface area contributed by atoms with E-state index in [9.17, 15) is 9.90 Å². The smallest absolute Gasteiger partial charge is 0.251 e. The minimum atomic E-state index is -0.500. The average molecular weight is 344 g/mol. The van der Waals surface area contributed by atoms with E-state index in [4.69, 9.17) is 4.74 Å². The number of benzene rings is 1. The molecule has 1 amide bonds. The van der Waals surface area contributed by atoms with E-state index in [0.29, 0.717) is 0 Å². The molecule has 1 aliphatic heterocycles. The number of hydrogen-bond acceptors (Lipinski definition) is 4. The molecule has 0 aromatic heterocycles. The maximum atomic E-state index is 12.7. The summed E-state index contributed by atoms with van der Waals surface area (Å²) in [5.41, 5.74) is 3.43. The summed E-state index contributed by atoms with van der Waals surface area (Å²) >= 11 is 0. The third-order valence-corrected chi connectivity index (χ3v) is 6.02. The van der Waals surface area contributed by atoms with Crippen LogP contribution in [-0.4, -0.2) is 60.4 Å². The van der Waals surface area contributed by atoms with Gasteiger partial charge in [-0.15, -0.1) is 0 Å². The van der Waals surface area contributed by atoms with Gasteiger partial charge in [-0.1, -0.05) is 6.07 Å². The van der Waals surface area contributed by atoms with E-state index in [1.54, 1.807) is 0 Å². The van der Waals surface area contributed by atoms with Gasteiger partial charge >= 0.3 is 0 Å². The quantitative estimate of drug-likeness (QED) is 0.873. The van der Waals surface area contributed by atoms with Crippen molar-refractivity contribution in [1.82, 2.24) is 10.2 Å². The maximum absolute atomic E-state index is 12.7. The van der Waals surface area contributed by atoms with Crippen molar-refractivity contribution in [2.75, 3.05) is 26.3 Å². The van der Waals surface area contributed by atoms with Crippen LogP contribution in [0.3, 0.4) is 0 Å². The van der Waals surface area contributed by atoms with Crippen LogP contribution in [0.1, 0.15) is 47.2 Å². The van der Waals surface area contributed by atoms with Crippen LogP contribution in [0.15, 0.2) is 18.2 Å². The molecular formula is C20H28N2O3. The van der Waals surface area contributed by atoms with Crippen molar-refractivity contribution >= 4 is 5.91 Å². The van der Waals surface area contributed by atoms with Crippen LogP contribution in [-0.2, 0) is 17.6 Å². The molecular weight excluding hydrogens is 316 g/mol. The summed E-state index contributed by atoms with van der Waals surface area (Å²) < 4.78 is 5.40. The standard InChI is InChI=1S/C20H28N2O3/c23-19-17(7-8-18(19)22-9-11-25-12-10-22)21-20(24)16-6-5-14-3-1-2-4-15(14)13-16/h5-6,13,17-19,23H,1-4,7-12H2,(H,21,24)/t17-,18-,19-/m1/s1. The van der Waals surface area contributed by atoms with Gasteiger partial charge in [0.2, 0.25) is 0 Å². The summed E-state index contributed by atoms with van der Waals surface area (Å²) in [6.45, 7) is 3.20. The fraction of sp³-hybridized carbons (Fsp3) is 0.650. The zero-order chi connectivity index (χ0) is 17.2. The second-order valence-electron chi connectivity index (χ2n) is 7.55. The van der Waals surface area contributed by atoms with Crippen molar-refractivity contribution in [3.05, 3.63) is 34.9 Å². The first kappa shape index (κ1) is 17.0. The Bertz CT molecular complexity index is 627. The number of aryl methyl sites for hydroxylation is 2. The van der Waals surface area contributed by atoms with Gasteiger partial charge in [-0.3, -0.25) is 9.69 Å². The number of aliphatic hydroxyl groups excluding tert-OH is 1. The molecule has 1 aromatic carbocycles. The first-order valence-corrected chi connectivity index (χ1v) is 9.65. The molecule has 0 spiro atoms. The Morgan fingerprint density at radius 3 is 2.68 bits per heavy atom. The lowest BCUT2D eigenvalue weighted by Gasteiger charge is -2.34. The maximum Gasteiger partial charge on any atom is 0.251 e. The summed E-state index contributed by atoms with van der Waals surface area (Å²) in [5.74, 6) is -0.0555. The first-order valence-electron chi connectivity index (χ1n) is 9.65. The molecule has 5 heteroatoms. The Morgan fingerprint density at radius 2 is 1.88 bits per heavy atom. The van der Waals surface area contributed by atoms with Crippen molar-refractivity contribution in [3.63, 3.8) is 0 Å². The summed E-state index contributed by atoms with van der Waals surface area (Å²) in [5, 5.41) is 13.8. The van der Waals surface area contributed by atoms with E-state index in [1.165, 1.54) is 24.0 Å². The molecule has 136 valence electrons. The van der Waals surface area contributed by atoms with E-state index >= 15 is 0 Å². The second kappa shape index (κ2) is 7.44. The van der Waals surface area contributed by atoms with Gasteiger partial charge in [-0.25, -0.2) is 0 Å². The third-order valence-electron chi connectivity index (χ3n) is 6.02. The van der Waals surface area contributed by atoms with Crippen molar-refractivity contribution in [2.45, 2.75) is 56.7 Å². The molecule has 1 saturated carbocycles. The van der Waals surface area contributed by atoms with Crippen LogP contribution in [0.2, 0.25) is 0 Å². The average Bonchev–Trinajstić information content (AvgIpc) is 3.02. The number of fused-ring (bicyclic) bond motifs is 1. The molecule has 5 nitrogen and oxygen atoms in total. The summed E-state index contributed by atoms with van der Waals surface area (Å²) in [7, 11) is 0. The van der Waals surface area contributed by atoms with Gasteiger partial charge in [0.15, 0.2) is 0 Å². The summed E-state index contributed by atoms with van der Waals surface area (Å²) in [6.07, 6.45) is 5.91. The summed E-state index contributed by atoms with van der Waals surface area (Å²) in [6, 6.07) is 6.06. The minimum Gasteiger partial charge on any atom is -0.389 e. The van der Waals surface area contributed by atoms with Gasteiger partial charge in [0, 0.05) is 24.7 Å². The highest BCUT2D eigenvalue weighted by molar-refractivity contribution is 5.94. The van der Waals surface area contributed by atoms with E-state index in [2.05, 4.69) is 16.3 Å². The van der Waals surface area contributed by atoms with Gasteiger partial charge in [0.25, 0.3) is 5.91 Å². The molecule has 2 fully saturated rings. The molecule has 0 radical (unpaired) electrons. The summed E-state index contributed by atoms with van der Waals surface area (Å²) in [4.78, 5) is 15.0. The Kier molecular flexibility index (Phi) is 5.06. The van der Waals surface area contributed by atoms with Crippen LogP contribution in [0.5, 0.6) is 0 Å². The number of morpholine rings is 1. The number of rotatable bonds is 3. The van der Waals surface area contributed by atoms with Gasteiger partial charge in [-0.05, 0) is 61.8 Å². The zero-order valence-corrected chi connectivity index (χ0v) is 14.7. The number of aliphatic hydroxyl groups is 1. The number of carbonyl (C=O) groups is 1. The molecule has 0 bridgehead atoms. The van der Waals surface area contributed by atoms with Gasteiger partial charge in [-0.2, -0.15) is 0 Å². The zero-order valence-electron chi connectivity index (χ0n) is 14.7. The highest BCUT2D eigenvalue weighted by Gasteiger charge is 2.39. The topological polar surface area (TPSA) is 61.8 Å². The largest absolute Gasteiger partial charge is 0.389 e. The monoisotopic (exact) mass is 344 g/mol. The first-order chi connectivity index (χ1) is 12.2. The van der Waals surface area contributed by atoms with Crippen molar-refractivity contribution in [2.24, 2.45) is 0 Å². The number of nitrogens with zero attached hydrogens (tertiary/aromatic N) is 1. The van der Waals surface area contributed by atoms with E-state index in [0.717, 1.165) is 57.6 Å². The predicted molar refractivity (Wildman–Crippen MR) is 95.8 cm³/mol. The number of nitrogens with one attached hydrogen (secondary N) is 1. The Morgan fingerprint density at radius 1 is 1.12 bits per heavy atom. The molecule has 1 aromatic rings. The SMILES string of the molecule is O=C(N[C@@H]1CC[C@@H](N2CCOCC2)[C@@H]1O)c1ccc2c(c1)CCCC2. The van der Waals surface area contributed by atoms with Crippen LogP contribution >= 0.6 is 0 Å². The lowest BCUT2D eigenvalue weighted by molar-refractivity contribution is -0.0154. The number of hydrogen-bond donors (Lipinski definition) is 2. The van der Waals surface area contributed by atoms with Gasteiger partial charge in [0.1, 0.15) is 0 Å². The lowest BCUT2D eigenvalue weighted by atomic mass is 9.90. The van der Waals surface area contributed by atoms with E-state index in [1.807, 2.05) is 12.1 Å². The van der Waals surface area contributed by atoms with Crippen molar-refractivity contribution in [1.29, 1.82) is 0 Å². The van der Waals surface area contributed by atoms with E-state index in [-0.39, 0.29) is 18.0 Å². The normalized spacial score (nSPS) is 30.0. The molecule has 1 heterocycles. The molecule has 4 rings (SSSR count). The molecule has 25 heavy (non-hydrogen) atoms. The van der Waals surface area contributed by atoms with Crippen molar-refractivity contribution in [3.8, 4) is 0 Å². The van der Waals surface area contributed by atoms with Crippen LogP contribution < -0.4 is 5.32 Å². The van der Waals surface area contributed by atoms with Gasteiger partial charge in [0.05, 0.1) is 25.4 Å². The third kappa shape index (κ3) is 3.59. The minimum absolute atomic E-state index is 0.0555. The molecule has 2 N–H and O–H groups in total. The van der Waals surface area contributed by atoms with Crippen molar-refractivity contribution < 1.29 is 14.6 Å². The number of amides is 1. The Hall–Kier alpha value is -1.43. The van der Waals surface area contributed by atoms with E-state index < -0.39 is 6.10 Å². The van der Waals surface area contributed by atoms with Crippen LogP contribution in [0.25, 0.3) is 0 Å².